The number of nitriles is 3. The highest BCUT2D eigenvalue weighted by atomic mass is 15.0. The molecule has 0 aliphatic carbocycles. The smallest absolute Gasteiger partial charge is 0.101 e. The van der Waals surface area contributed by atoms with E-state index in [0.29, 0.717) is 16.7 Å². The van der Waals surface area contributed by atoms with E-state index >= 15 is 0 Å². The highest BCUT2D eigenvalue weighted by Crippen LogP contribution is 2.42. The van der Waals surface area contributed by atoms with Crippen LogP contribution in [0.25, 0.3) is 77.2 Å². The molecule has 0 amide bonds. The molecular weight excluding hydrogens is 611 g/mol. The number of rotatable bonds is 4. The van der Waals surface area contributed by atoms with Crippen molar-refractivity contribution in [3.63, 3.8) is 0 Å². The lowest BCUT2D eigenvalue weighted by Gasteiger charge is -2.19. The zero-order chi connectivity index (χ0) is 33.8. The van der Waals surface area contributed by atoms with Crippen LogP contribution in [-0.2, 0) is 0 Å². The third-order valence-electron chi connectivity index (χ3n) is 9.63. The maximum absolute atomic E-state index is 10.6. The summed E-state index contributed by atoms with van der Waals surface area (Å²) in [6.45, 7) is 0. The second kappa shape index (κ2) is 11.4. The molecule has 0 fully saturated rings. The molecule has 0 unspecified atom stereocenters. The van der Waals surface area contributed by atoms with Gasteiger partial charge in [0.1, 0.15) is 6.07 Å². The van der Waals surface area contributed by atoms with Crippen molar-refractivity contribution in [3.8, 4) is 51.8 Å². The summed E-state index contributed by atoms with van der Waals surface area (Å²) in [4.78, 5) is 0. The molecule has 0 bridgehead atoms. The van der Waals surface area contributed by atoms with Crippen molar-refractivity contribution in [2.75, 3.05) is 0 Å². The van der Waals surface area contributed by atoms with Gasteiger partial charge in [-0.25, -0.2) is 0 Å². The Morgan fingerprint density at radius 3 is 1.84 bits per heavy atom. The van der Waals surface area contributed by atoms with Crippen LogP contribution in [0.1, 0.15) is 16.7 Å². The van der Waals surface area contributed by atoms with Crippen LogP contribution >= 0.6 is 0 Å². The van der Waals surface area contributed by atoms with Crippen LogP contribution < -0.4 is 0 Å². The van der Waals surface area contributed by atoms with Gasteiger partial charge in [-0.2, -0.15) is 15.8 Å². The zero-order valence-corrected chi connectivity index (χ0v) is 26.7. The Bertz CT molecular complexity index is 2970. The molecule has 230 valence electrons. The van der Waals surface area contributed by atoms with Gasteiger partial charge in [0.05, 0.1) is 56.6 Å². The van der Waals surface area contributed by atoms with Gasteiger partial charge in [-0.05, 0) is 71.8 Å². The first-order valence-electron chi connectivity index (χ1n) is 16.3. The minimum atomic E-state index is 0.558. The predicted molar refractivity (Wildman–Crippen MR) is 200 cm³/mol. The molecule has 0 radical (unpaired) electrons. The molecular formula is C45H25N5. The van der Waals surface area contributed by atoms with Gasteiger partial charge in [0.15, 0.2) is 0 Å². The number of para-hydroxylation sites is 4. The molecule has 0 atom stereocenters. The Hall–Kier alpha value is -7.39. The Labute approximate surface area is 287 Å². The van der Waals surface area contributed by atoms with Gasteiger partial charge >= 0.3 is 0 Å². The van der Waals surface area contributed by atoms with Gasteiger partial charge in [-0.1, -0.05) is 91.0 Å². The van der Waals surface area contributed by atoms with E-state index in [1.54, 1.807) is 0 Å². The zero-order valence-electron chi connectivity index (χ0n) is 26.7. The van der Waals surface area contributed by atoms with E-state index in [4.69, 9.17) is 0 Å². The van der Waals surface area contributed by atoms with Crippen LogP contribution in [0.15, 0.2) is 152 Å². The lowest BCUT2D eigenvalue weighted by molar-refractivity contribution is 1.17. The van der Waals surface area contributed by atoms with E-state index < -0.39 is 0 Å². The summed E-state index contributed by atoms with van der Waals surface area (Å²) in [6, 6.07) is 57.7. The van der Waals surface area contributed by atoms with E-state index in [9.17, 15) is 15.8 Å². The fourth-order valence-electron chi connectivity index (χ4n) is 7.55. The average Bonchev–Trinajstić information content (AvgIpc) is 3.70. The van der Waals surface area contributed by atoms with E-state index in [0.717, 1.165) is 77.2 Å². The fourth-order valence-corrected chi connectivity index (χ4v) is 7.55. The van der Waals surface area contributed by atoms with E-state index in [-0.39, 0.29) is 0 Å². The number of nitrogens with zero attached hydrogens (tertiary/aromatic N) is 5. The highest BCUT2D eigenvalue weighted by molar-refractivity contribution is 6.12. The monoisotopic (exact) mass is 635 g/mol. The van der Waals surface area contributed by atoms with Crippen molar-refractivity contribution in [1.29, 1.82) is 15.8 Å². The van der Waals surface area contributed by atoms with Gasteiger partial charge in [-0.15, -0.1) is 0 Å². The normalized spacial score (nSPS) is 11.1. The van der Waals surface area contributed by atoms with E-state index in [1.807, 2.05) is 78.9 Å². The van der Waals surface area contributed by atoms with Crippen LogP contribution in [0.4, 0.5) is 0 Å². The second-order valence-electron chi connectivity index (χ2n) is 12.3. The van der Waals surface area contributed by atoms with Gasteiger partial charge < -0.3 is 9.13 Å². The number of hydrogen-bond donors (Lipinski definition) is 0. The second-order valence-corrected chi connectivity index (χ2v) is 12.3. The molecule has 2 heterocycles. The topological polar surface area (TPSA) is 81.2 Å². The minimum absolute atomic E-state index is 0.558. The molecule has 0 N–H and O–H groups in total. The summed E-state index contributed by atoms with van der Waals surface area (Å²) >= 11 is 0. The van der Waals surface area contributed by atoms with Gasteiger partial charge in [0.25, 0.3) is 0 Å². The standard InChI is InChI=1S/C45H25N5/c46-26-29-22-23-43-39(24-29)36-15-2-4-19-40(36)49(43)33-13-7-10-30(25-33)34-17-8-11-31(27-47)44(34)38-16-3-6-21-42(38)50-41-20-5-1-14-35(41)37-18-9-12-32(28-48)45(37)50/h1-25H. The Morgan fingerprint density at radius 1 is 0.420 bits per heavy atom. The number of fused-ring (bicyclic) bond motifs is 6. The Balaban J connectivity index is 1.31. The molecule has 50 heavy (non-hydrogen) atoms. The number of benzene rings is 7. The van der Waals surface area contributed by atoms with Crippen LogP contribution in [0.3, 0.4) is 0 Å². The Morgan fingerprint density at radius 2 is 1.04 bits per heavy atom. The molecule has 0 saturated heterocycles. The molecule has 0 aliphatic rings. The minimum Gasteiger partial charge on any atom is -0.309 e. The van der Waals surface area contributed by atoms with Crippen molar-refractivity contribution < 1.29 is 0 Å². The summed E-state index contributed by atoms with van der Waals surface area (Å²) in [6.07, 6.45) is 0. The maximum atomic E-state index is 10.6. The first-order valence-corrected chi connectivity index (χ1v) is 16.3. The highest BCUT2D eigenvalue weighted by Gasteiger charge is 2.22. The lowest BCUT2D eigenvalue weighted by atomic mass is 9.89. The summed E-state index contributed by atoms with van der Waals surface area (Å²) in [5, 5.41) is 34.6. The van der Waals surface area contributed by atoms with Crippen molar-refractivity contribution in [1.82, 2.24) is 9.13 Å². The largest absolute Gasteiger partial charge is 0.309 e. The molecule has 0 saturated carbocycles. The third kappa shape index (κ3) is 4.24. The van der Waals surface area contributed by atoms with Crippen LogP contribution in [0.2, 0.25) is 0 Å². The molecule has 2 aromatic heterocycles. The van der Waals surface area contributed by atoms with Crippen LogP contribution in [0, 0.1) is 34.0 Å². The van der Waals surface area contributed by atoms with Crippen molar-refractivity contribution in [3.05, 3.63) is 168 Å². The number of hydrogen-bond acceptors (Lipinski definition) is 3. The molecule has 9 aromatic rings. The molecule has 5 nitrogen and oxygen atoms in total. The van der Waals surface area contributed by atoms with E-state index in [2.05, 4.69) is 100 Å². The Kier molecular flexibility index (Phi) is 6.56. The van der Waals surface area contributed by atoms with Crippen LogP contribution in [0.5, 0.6) is 0 Å². The average molecular weight is 636 g/mol. The molecule has 7 aromatic carbocycles. The number of aromatic nitrogens is 2. The SMILES string of the molecule is N#Cc1ccc2c(c1)c1ccccc1n2-c1cccc(-c2cccc(C#N)c2-c2ccccc2-n2c3ccccc3c3cccc(C#N)c32)c1. The summed E-state index contributed by atoms with van der Waals surface area (Å²) in [5.74, 6) is 0. The maximum Gasteiger partial charge on any atom is 0.101 e. The summed E-state index contributed by atoms with van der Waals surface area (Å²) < 4.78 is 4.40. The quantitative estimate of drug-likeness (QED) is 0.193. The first kappa shape index (κ1) is 28.8. The van der Waals surface area contributed by atoms with Gasteiger partial charge in [-0.3, -0.25) is 0 Å². The fraction of sp³-hybridized carbons (Fsp3) is 0. The summed E-state index contributed by atoms with van der Waals surface area (Å²) in [5.41, 5.74) is 11.1. The molecule has 0 spiro atoms. The molecule has 5 heteroatoms. The first-order chi connectivity index (χ1) is 24.7. The van der Waals surface area contributed by atoms with E-state index in [1.165, 1.54) is 0 Å². The molecule has 0 aliphatic heterocycles. The van der Waals surface area contributed by atoms with Gasteiger partial charge in [0, 0.05) is 38.4 Å². The van der Waals surface area contributed by atoms with Crippen molar-refractivity contribution >= 4 is 43.6 Å². The van der Waals surface area contributed by atoms with Gasteiger partial charge in [0.2, 0.25) is 0 Å². The summed E-state index contributed by atoms with van der Waals surface area (Å²) in [7, 11) is 0. The van der Waals surface area contributed by atoms with Crippen LogP contribution in [-0.4, -0.2) is 9.13 Å². The third-order valence-corrected chi connectivity index (χ3v) is 9.63. The molecule has 9 rings (SSSR count). The van der Waals surface area contributed by atoms with Crippen molar-refractivity contribution in [2.45, 2.75) is 0 Å². The lowest BCUT2D eigenvalue weighted by Crippen LogP contribution is -2.01. The van der Waals surface area contributed by atoms with Crippen molar-refractivity contribution in [2.24, 2.45) is 0 Å². The predicted octanol–water partition coefficient (Wildman–Crippen LogP) is 10.8.